The molecule has 7 unspecified atom stereocenters. The van der Waals surface area contributed by atoms with Gasteiger partial charge in [0.25, 0.3) is 0 Å². The number of carbonyl (C=O) groups is 1. The summed E-state index contributed by atoms with van der Waals surface area (Å²) in [5.41, 5.74) is 0. The molecular formula is C64H123NO8. The van der Waals surface area contributed by atoms with E-state index in [1.807, 2.05) is 0 Å². The highest BCUT2D eigenvalue weighted by Crippen LogP contribution is 2.23. The van der Waals surface area contributed by atoms with Gasteiger partial charge >= 0.3 is 0 Å². The Hall–Kier alpha value is -1.33. The first kappa shape index (κ1) is 69.7. The number of aliphatic hydroxyl groups excluding tert-OH is 5. The van der Waals surface area contributed by atoms with Crippen molar-refractivity contribution >= 4 is 5.91 Å². The quantitative estimate of drug-likeness (QED) is 0.0261. The molecule has 1 heterocycles. The van der Waals surface area contributed by atoms with E-state index >= 15 is 0 Å². The van der Waals surface area contributed by atoms with Crippen LogP contribution in [0.4, 0.5) is 0 Å². The van der Waals surface area contributed by atoms with Gasteiger partial charge in [-0.15, -0.1) is 0 Å². The normalized spacial score (nSPS) is 19.1. The predicted molar refractivity (Wildman–Crippen MR) is 309 cm³/mol. The lowest BCUT2D eigenvalue weighted by Gasteiger charge is -2.40. The van der Waals surface area contributed by atoms with Gasteiger partial charge in [0.1, 0.15) is 24.4 Å². The zero-order chi connectivity index (χ0) is 52.9. The number of unbranched alkanes of at least 4 members (excludes halogenated alkanes) is 42. The molecule has 9 heteroatoms. The second-order valence-corrected chi connectivity index (χ2v) is 22.6. The van der Waals surface area contributed by atoms with Gasteiger partial charge < -0.3 is 40.3 Å². The first-order valence-electron chi connectivity index (χ1n) is 32.0. The maximum Gasteiger partial charge on any atom is 0.220 e. The van der Waals surface area contributed by atoms with Crippen molar-refractivity contribution in [3.63, 3.8) is 0 Å². The van der Waals surface area contributed by atoms with E-state index in [0.29, 0.717) is 12.8 Å². The predicted octanol–water partition coefficient (Wildman–Crippen LogP) is 16.5. The number of carbonyl (C=O) groups excluding carboxylic acids is 1. The van der Waals surface area contributed by atoms with Crippen LogP contribution in [0, 0.1) is 0 Å². The Kier molecular flexibility index (Phi) is 51.6. The molecule has 0 radical (unpaired) electrons. The van der Waals surface area contributed by atoms with E-state index in [9.17, 15) is 30.3 Å². The summed E-state index contributed by atoms with van der Waals surface area (Å²) in [6, 6.07) is -0.716. The van der Waals surface area contributed by atoms with Crippen molar-refractivity contribution in [3.05, 3.63) is 24.3 Å². The van der Waals surface area contributed by atoms with E-state index in [0.717, 1.165) is 44.9 Å². The number of amides is 1. The third-order valence-corrected chi connectivity index (χ3v) is 15.6. The second-order valence-electron chi connectivity index (χ2n) is 22.6. The molecule has 0 aromatic heterocycles. The summed E-state index contributed by atoms with van der Waals surface area (Å²) in [5.74, 6) is -0.141. The molecule has 0 bridgehead atoms. The highest BCUT2D eigenvalue weighted by atomic mass is 16.7. The number of hydrogen-bond acceptors (Lipinski definition) is 8. The zero-order valence-electron chi connectivity index (χ0n) is 48.2. The van der Waals surface area contributed by atoms with Crippen molar-refractivity contribution in [3.8, 4) is 0 Å². The minimum Gasteiger partial charge on any atom is -0.394 e. The fraction of sp³-hybridized carbons (Fsp3) is 0.922. The molecule has 1 aliphatic heterocycles. The van der Waals surface area contributed by atoms with Crippen LogP contribution in [0.2, 0.25) is 0 Å². The van der Waals surface area contributed by atoms with Crippen LogP contribution in [0.3, 0.4) is 0 Å². The third kappa shape index (κ3) is 43.4. The Morgan fingerprint density at radius 2 is 0.808 bits per heavy atom. The first-order valence-corrected chi connectivity index (χ1v) is 32.0. The van der Waals surface area contributed by atoms with Crippen molar-refractivity contribution in [1.82, 2.24) is 5.32 Å². The van der Waals surface area contributed by atoms with E-state index in [-0.39, 0.29) is 12.5 Å². The lowest BCUT2D eigenvalue weighted by atomic mass is 9.99. The standard InChI is InChI=1S/C64H123NO8/c1-3-5-7-9-11-13-15-16-17-18-19-20-21-22-23-24-25-26-27-28-29-30-31-32-33-34-35-36-37-38-39-40-41-42-44-46-48-50-52-54-60(68)65-57(56-72-64-63(71)62(70)61(69)59(55-66)73-64)58(67)53-51-49-47-45-43-14-12-10-8-6-4-2/h25-26,28-29,57-59,61-64,66-67,69-71H,3-24,27,30-56H2,1-2H3,(H,65,68)/b26-25-,29-28-. The molecule has 73 heavy (non-hydrogen) atoms. The minimum absolute atomic E-state index is 0.135. The zero-order valence-corrected chi connectivity index (χ0v) is 48.2. The van der Waals surface area contributed by atoms with Crippen LogP contribution in [0.1, 0.15) is 322 Å². The van der Waals surface area contributed by atoms with E-state index < -0.39 is 49.5 Å². The Morgan fingerprint density at radius 1 is 0.466 bits per heavy atom. The van der Waals surface area contributed by atoms with Crippen LogP contribution in [-0.4, -0.2) is 87.5 Å². The molecule has 1 amide bonds. The number of ether oxygens (including phenoxy) is 2. The van der Waals surface area contributed by atoms with Crippen LogP contribution < -0.4 is 5.32 Å². The van der Waals surface area contributed by atoms with Crippen molar-refractivity contribution in [2.45, 2.75) is 365 Å². The summed E-state index contributed by atoms with van der Waals surface area (Å²) >= 11 is 0. The molecule has 0 aromatic rings. The summed E-state index contributed by atoms with van der Waals surface area (Å²) < 4.78 is 11.3. The molecular weight excluding hydrogens is 911 g/mol. The molecule has 7 atom stereocenters. The number of aliphatic hydroxyl groups is 5. The molecule has 6 N–H and O–H groups in total. The van der Waals surface area contributed by atoms with Crippen molar-refractivity contribution < 1.29 is 39.8 Å². The fourth-order valence-corrected chi connectivity index (χ4v) is 10.5. The fourth-order valence-electron chi connectivity index (χ4n) is 10.5. The van der Waals surface area contributed by atoms with E-state index in [4.69, 9.17) is 9.47 Å². The Labute approximate surface area is 451 Å². The SMILES string of the molecule is CCCCCCCCCCCCCCCCC/C=C\C/C=C\CCCCCCCCCCCCCCCCCCCC(=O)NC(COC1OC(CO)C(O)C(O)C1O)C(O)CCCCCCCCCCCCC. The smallest absolute Gasteiger partial charge is 0.220 e. The number of rotatable bonds is 56. The van der Waals surface area contributed by atoms with Gasteiger partial charge in [-0.05, 0) is 44.9 Å². The molecule has 0 aromatic carbocycles. The molecule has 1 rings (SSSR count). The Balaban J connectivity index is 2.01. The van der Waals surface area contributed by atoms with Crippen LogP contribution in [-0.2, 0) is 14.3 Å². The average Bonchev–Trinajstić information content (AvgIpc) is 3.39. The van der Waals surface area contributed by atoms with Gasteiger partial charge in [-0.3, -0.25) is 4.79 Å². The summed E-state index contributed by atoms with van der Waals surface area (Å²) in [4.78, 5) is 13.0. The van der Waals surface area contributed by atoms with E-state index in [2.05, 4.69) is 43.5 Å². The van der Waals surface area contributed by atoms with Crippen LogP contribution >= 0.6 is 0 Å². The lowest BCUT2D eigenvalue weighted by Crippen LogP contribution is -2.60. The van der Waals surface area contributed by atoms with Gasteiger partial charge in [0.05, 0.1) is 25.4 Å². The van der Waals surface area contributed by atoms with Gasteiger partial charge in [-0.25, -0.2) is 0 Å². The molecule has 9 nitrogen and oxygen atoms in total. The van der Waals surface area contributed by atoms with Crippen LogP contribution in [0.15, 0.2) is 24.3 Å². The molecule has 1 fully saturated rings. The van der Waals surface area contributed by atoms with Gasteiger partial charge in [0.2, 0.25) is 5.91 Å². The monoisotopic (exact) mass is 1030 g/mol. The second kappa shape index (κ2) is 54.0. The molecule has 0 saturated carbocycles. The highest BCUT2D eigenvalue weighted by Gasteiger charge is 2.44. The molecule has 0 spiro atoms. The van der Waals surface area contributed by atoms with Crippen molar-refractivity contribution in [1.29, 1.82) is 0 Å². The first-order chi connectivity index (χ1) is 35.8. The Bertz CT molecular complexity index is 1200. The maximum atomic E-state index is 13.0. The summed E-state index contributed by atoms with van der Waals surface area (Å²) in [7, 11) is 0. The Morgan fingerprint density at radius 3 is 1.18 bits per heavy atom. The van der Waals surface area contributed by atoms with Gasteiger partial charge in [-0.2, -0.15) is 0 Å². The minimum atomic E-state index is -1.55. The molecule has 1 saturated heterocycles. The summed E-state index contributed by atoms with van der Waals surface area (Å²) in [5, 5.41) is 54.5. The third-order valence-electron chi connectivity index (χ3n) is 15.6. The van der Waals surface area contributed by atoms with Crippen LogP contribution in [0.25, 0.3) is 0 Å². The molecule has 432 valence electrons. The lowest BCUT2D eigenvalue weighted by molar-refractivity contribution is -0.302. The number of nitrogens with one attached hydrogen (secondary N) is 1. The average molecular weight is 1030 g/mol. The largest absolute Gasteiger partial charge is 0.394 e. The van der Waals surface area contributed by atoms with Gasteiger partial charge in [-0.1, -0.05) is 295 Å². The number of allylic oxidation sites excluding steroid dienone is 4. The molecule has 0 aliphatic carbocycles. The van der Waals surface area contributed by atoms with Gasteiger partial charge in [0.15, 0.2) is 6.29 Å². The van der Waals surface area contributed by atoms with Gasteiger partial charge in [0, 0.05) is 6.42 Å². The van der Waals surface area contributed by atoms with E-state index in [1.165, 1.54) is 250 Å². The van der Waals surface area contributed by atoms with Crippen molar-refractivity contribution in [2.75, 3.05) is 13.2 Å². The number of hydrogen-bond donors (Lipinski definition) is 6. The van der Waals surface area contributed by atoms with Crippen LogP contribution in [0.5, 0.6) is 0 Å². The highest BCUT2D eigenvalue weighted by molar-refractivity contribution is 5.76. The van der Waals surface area contributed by atoms with Crippen molar-refractivity contribution in [2.24, 2.45) is 0 Å². The molecule has 1 aliphatic rings. The summed E-state index contributed by atoms with van der Waals surface area (Å²) in [6.07, 6.45) is 62.6. The summed E-state index contributed by atoms with van der Waals surface area (Å²) in [6.45, 7) is 3.86. The van der Waals surface area contributed by atoms with E-state index in [1.54, 1.807) is 0 Å². The maximum absolute atomic E-state index is 13.0. The topological polar surface area (TPSA) is 149 Å².